The molecule has 2 N–H and O–H groups in total. The van der Waals surface area contributed by atoms with Crippen LogP contribution in [0.4, 0.5) is 0 Å². The van der Waals surface area contributed by atoms with Crippen LogP contribution in [0.5, 0.6) is 0 Å². The van der Waals surface area contributed by atoms with E-state index in [2.05, 4.69) is 4.98 Å². The molecular weight excluding hydrogens is 308 g/mol. The van der Waals surface area contributed by atoms with E-state index in [1.54, 1.807) is 21.6 Å². The van der Waals surface area contributed by atoms with Gasteiger partial charge in [-0.15, -0.1) is 22.7 Å². The van der Waals surface area contributed by atoms with E-state index in [1.807, 2.05) is 17.5 Å². The number of carbonyl (C=O) groups excluding carboxylic acids is 1. The minimum absolute atomic E-state index is 0.0393. The molecule has 1 amide bonds. The van der Waals surface area contributed by atoms with E-state index in [-0.39, 0.29) is 25.0 Å². The number of thiazole rings is 1. The van der Waals surface area contributed by atoms with Gasteiger partial charge in [0, 0.05) is 31.0 Å². The quantitative estimate of drug-likeness (QED) is 0.901. The highest BCUT2D eigenvalue weighted by atomic mass is 32.1. The van der Waals surface area contributed by atoms with Crippen LogP contribution in [-0.2, 0) is 0 Å². The Morgan fingerprint density at radius 1 is 1.48 bits per heavy atom. The van der Waals surface area contributed by atoms with Crippen LogP contribution < -0.4 is 0 Å². The van der Waals surface area contributed by atoms with Crippen molar-refractivity contribution in [3.8, 4) is 9.88 Å². The predicted octanol–water partition coefficient (Wildman–Crippen LogP) is 1.69. The largest absolute Gasteiger partial charge is 0.396 e. The molecule has 0 aromatic carbocycles. The van der Waals surface area contributed by atoms with Crippen LogP contribution in [0.25, 0.3) is 9.88 Å². The summed E-state index contributed by atoms with van der Waals surface area (Å²) in [6, 6.07) is 3.94. The van der Waals surface area contributed by atoms with Crippen molar-refractivity contribution in [2.24, 2.45) is 5.92 Å². The molecule has 0 aliphatic carbocycles. The molecule has 0 spiro atoms. The lowest BCUT2D eigenvalue weighted by Crippen LogP contribution is -2.47. The van der Waals surface area contributed by atoms with Gasteiger partial charge in [0.05, 0.1) is 11.0 Å². The Morgan fingerprint density at radius 2 is 2.33 bits per heavy atom. The van der Waals surface area contributed by atoms with Crippen molar-refractivity contribution in [1.29, 1.82) is 0 Å². The minimum Gasteiger partial charge on any atom is -0.396 e. The van der Waals surface area contributed by atoms with Crippen LogP contribution >= 0.6 is 22.7 Å². The Labute approximate surface area is 130 Å². The molecule has 0 saturated carbocycles. The Morgan fingerprint density at radius 3 is 3.00 bits per heavy atom. The first kappa shape index (κ1) is 14.6. The molecule has 1 aliphatic rings. The van der Waals surface area contributed by atoms with Crippen molar-refractivity contribution in [2.75, 3.05) is 19.7 Å². The Kier molecular flexibility index (Phi) is 4.34. The smallest absolute Gasteiger partial charge is 0.273 e. The van der Waals surface area contributed by atoms with Crippen LogP contribution in [0.3, 0.4) is 0 Å². The number of aliphatic hydroxyl groups excluding tert-OH is 2. The fourth-order valence-corrected chi connectivity index (χ4v) is 4.03. The lowest BCUT2D eigenvalue weighted by Gasteiger charge is -2.34. The molecule has 0 bridgehead atoms. The van der Waals surface area contributed by atoms with Crippen molar-refractivity contribution in [3.63, 3.8) is 0 Å². The lowest BCUT2D eigenvalue weighted by atomic mass is 9.94. The summed E-state index contributed by atoms with van der Waals surface area (Å²) in [5.74, 6) is -0.282. The standard InChI is InChI=1S/C14H16N2O3S2/c17-7-9-3-4-16(6-11(9)18)14(19)10-8-21-13(15-10)12-2-1-5-20-12/h1-2,5,8-9,11,17-18H,3-4,6-7H2/t9-,11+/m1/s1. The second-order valence-corrected chi connectivity index (χ2v) is 6.87. The molecule has 112 valence electrons. The molecule has 2 aromatic heterocycles. The highest BCUT2D eigenvalue weighted by Gasteiger charge is 2.30. The number of hydrogen-bond donors (Lipinski definition) is 2. The molecule has 0 radical (unpaired) electrons. The van der Waals surface area contributed by atoms with Gasteiger partial charge in [-0.2, -0.15) is 0 Å². The van der Waals surface area contributed by atoms with Crippen LogP contribution in [0.2, 0.25) is 0 Å². The third-order valence-electron chi connectivity index (χ3n) is 3.70. The van der Waals surface area contributed by atoms with Crippen molar-refractivity contribution < 1.29 is 15.0 Å². The van der Waals surface area contributed by atoms with Gasteiger partial charge >= 0.3 is 0 Å². The maximum absolute atomic E-state index is 12.4. The molecule has 3 heterocycles. The summed E-state index contributed by atoms with van der Waals surface area (Å²) in [5, 5.41) is 23.7. The summed E-state index contributed by atoms with van der Waals surface area (Å²) in [6.07, 6.45) is -0.0474. The molecule has 0 unspecified atom stereocenters. The van der Waals surface area contributed by atoms with Gasteiger partial charge in [-0.05, 0) is 17.9 Å². The fourth-order valence-electron chi connectivity index (χ4n) is 2.43. The first-order chi connectivity index (χ1) is 10.2. The van der Waals surface area contributed by atoms with Gasteiger partial charge < -0.3 is 15.1 Å². The van der Waals surface area contributed by atoms with E-state index >= 15 is 0 Å². The highest BCUT2D eigenvalue weighted by Crippen LogP contribution is 2.28. The monoisotopic (exact) mass is 324 g/mol. The molecule has 3 rings (SSSR count). The molecule has 5 nitrogen and oxygen atoms in total. The van der Waals surface area contributed by atoms with Gasteiger partial charge in [0.15, 0.2) is 0 Å². The number of aliphatic hydroxyl groups is 2. The number of aromatic nitrogens is 1. The second-order valence-electron chi connectivity index (χ2n) is 5.07. The van der Waals surface area contributed by atoms with Gasteiger partial charge in [-0.1, -0.05) is 6.07 Å². The van der Waals surface area contributed by atoms with Crippen molar-refractivity contribution in [1.82, 2.24) is 9.88 Å². The first-order valence-electron chi connectivity index (χ1n) is 6.76. The van der Waals surface area contributed by atoms with E-state index in [0.717, 1.165) is 9.88 Å². The third kappa shape index (κ3) is 3.01. The molecule has 21 heavy (non-hydrogen) atoms. The van der Waals surface area contributed by atoms with E-state index in [1.165, 1.54) is 11.3 Å². The van der Waals surface area contributed by atoms with Gasteiger partial charge in [-0.25, -0.2) is 4.98 Å². The van der Waals surface area contributed by atoms with Gasteiger partial charge in [0.2, 0.25) is 0 Å². The SMILES string of the molecule is O=C(c1csc(-c2cccs2)n1)N1CC[C@H](CO)[C@@H](O)C1. The number of amides is 1. The minimum atomic E-state index is -0.664. The number of carbonyl (C=O) groups is 1. The maximum atomic E-state index is 12.4. The zero-order valence-electron chi connectivity index (χ0n) is 11.3. The third-order valence-corrected chi connectivity index (χ3v) is 5.58. The van der Waals surface area contributed by atoms with Crippen LogP contribution in [0.15, 0.2) is 22.9 Å². The topological polar surface area (TPSA) is 73.7 Å². The van der Waals surface area contributed by atoms with E-state index in [4.69, 9.17) is 5.11 Å². The van der Waals surface area contributed by atoms with Gasteiger partial charge in [-0.3, -0.25) is 4.79 Å². The zero-order chi connectivity index (χ0) is 14.8. The number of nitrogens with zero attached hydrogens (tertiary/aromatic N) is 2. The Bertz CT molecular complexity index is 612. The number of likely N-dealkylation sites (tertiary alicyclic amines) is 1. The molecule has 2 aromatic rings. The Hall–Kier alpha value is -1.28. The first-order valence-corrected chi connectivity index (χ1v) is 8.52. The van der Waals surface area contributed by atoms with Crippen LogP contribution in [-0.4, -0.2) is 51.8 Å². The van der Waals surface area contributed by atoms with Crippen molar-refractivity contribution in [3.05, 3.63) is 28.6 Å². The van der Waals surface area contributed by atoms with E-state index in [9.17, 15) is 9.90 Å². The normalized spacial score (nSPS) is 22.5. The molecular formula is C14H16N2O3S2. The number of piperidine rings is 1. The molecule has 7 heteroatoms. The summed E-state index contributed by atoms with van der Waals surface area (Å²) in [4.78, 5) is 19.5. The molecule has 1 saturated heterocycles. The zero-order valence-corrected chi connectivity index (χ0v) is 12.9. The fraction of sp³-hybridized carbons (Fsp3) is 0.429. The lowest BCUT2D eigenvalue weighted by molar-refractivity contribution is 0.000694. The molecule has 1 aliphatic heterocycles. The average Bonchev–Trinajstić information content (AvgIpc) is 3.17. The van der Waals surface area contributed by atoms with E-state index in [0.29, 0.717) is 18.7 Å². The second kappa shape index (κ2) is 6.23. The van der Waals surface area contributed by atoms with Crippen LogP contribution in [0, 0.1) is 5.92 Å². The van der Waals surface area contributed by atoms with Crippen molar-refractivity contribution >= 4 is 28.6 Å². The van der Waals surface area contributed by atoms with E-state index < -0.39 is 6.10 Å². The van der Waals surface area contributed by atoms with Gasteiger partial charge in [0.25, 0.3) is 5.91 Å². The average molecular weight is 324 g/mol. The molecule has 1 fully saturated rings. The predicted molar refractivity (Wildman–Crippen MR) is 82.5 cm³/mol. The number of β-amino-alcohol motifs (C(OH)–C–C–N with tert-alkyl or cyclic N) is 1. The maximum Gasteiger partial charge on any atom is 0.273 e. The summed E-state index contributed by atoms with van der Waals surface area (Å²) in [7, 11) is 0. The summed E-state index contributed by atoms with van der Waals surface area (Å²) in [5.41, 5.74) is 0.429. The Balaban J connectivity index is 1.71. The number of rotatable bonds is 3. The summed E-state index contributed by atoms with van der Waals surface area (Å²) < 4.78 is 0. The number of hydrogen-bond acceptors (Lipinski definition) is 6. The van der Waals surface area contributed by atoms with Crippen LogP contribution in [0.1, 0.15) is 16.9 Å². The highest BCUT2D eigenvalue weighted by molar-refractivity contribution is 7.20. The summed E-state index contributed by atoms with van der Waals surface area (Å²) in [6.45, 7) is 0.769. The molecule has 2 atom stereocenters. The van der Waals surface area contributed by atoms with Gasteiger partial charge in [0.1, 0.15) is 10.7 Å². The number of thiophene rings is 1. The summed E-state index contributed by atoms with van der Waals surface area (Å²) >= 11 is 3.05. The van der Waals surface area contributed by atoms with Crippen molar-refractivity contribution in [2.45, 2.75) is 12.5 Å².